The first-order valence-electron chi connectivity index (χ1n) is 8.67. The molecule has 0 radical (unpaired) electrons. The van der Waals surface area contributed by atoms with Crippen LogP contribution in [0.5, 0.6) is 5.75 Å². The van der Waals surface area contributed by atoms with Crippen molar-refractivity contribution in [3.63, 3.8) is 0 Å². The average Bonchev–Trinajstić information content (AvgIpc) is 3.04. The Morgan fingerprint density at radius 3 is 2.35 bits per heavy atom. The second kappa shape index (κ2) is 6.92. The highest BCUT2D eigenvalue weighted by molar-refractivity contribution is 5.82. The summed E-state index contributed by atoms with van der Waals surface area (Å²) in [4.78, 5) is 4.55. The molecule has 0 fully saturated rings. The van der Waals surface area contributed by atoms with E-state index in [1.54, 1.807) is 0 Å². The highest BCUT2D eigenvalue weighted by atomic mass is 16.5. The van der Waals surface area contributed by atoms with Crippen molar-refractivity contribution in [2.45, 2.75) is 20.0 Å². The second-order valence-corrected chi connectivity index (χ2v) is 6.38. The number of rotatable bonds is 5. The molecule has 3 aromatic carbocycles. The number of nitrogens with one attached hydrogen (secondary N) is 1. The van der Waals surface area contributed by atoms with Gasteiger partial charge < -0.3 is 14.5 Å². The third-order valence-electron chi connectivity index (χ3n) is 3.97. The van der Waals surface area contributed by atoms with Crippen LogP contribution >= 0.6 is 0 Å². The van der Waals surface area contributed by atoms with Gasteiger partial charge in [0, 0.05) is 5.69 Å². The zero-order valence-electron chi connectivity index (χ0n) is 14.8. The molecule has 130 valence electrons. The monoisotopic (exact) mass is 344 g/mol. The Morgan fingerprint density at radius 1 is 0.885 bits per heavy atom. The molecule has 0 aliphatic carbocycles. The Morgan fingerprint density at radius 2 is 1.62 bits per heavy atom. The number of hydrogen-bond donors (Lipinski definition) is 1. The summed E-state index contributed by atoms with van der Waals surface area (Å²) in [6.07, 6.45) is 0.169. The van der Waals surface area contributed by atoms with Gasteiger partial charge in [0.05, 0.1) is 6.10 Å². The third-order valence-corrected chi connectivity index (χ3v) is 3.97. The van der Waals surface area contributed by atoms with Crippen LogP contribution in [-0.4, -0.2) is 11.1 Å². The lowest BCUT2D eigenvalue weighted by Crippen LogP contribution is -2.05. The second-order valence-electron chi connectivity index (χ2n) is 6.38. The molecule has 4 rings (SSSR count). The number of aromatic nitrogens is 1. The Labute approximate surface area is 152 Å². The van der Waals surface area contributed by atoms with Crippen LogP contribution in [-0.2, 0) is 0 Å². The summed E-state index contributed by atoms with van der Waals surface area (Å²) >= 11 is 0. The lowest BCUT2D eigenvalue weighted by atomic mass is 10.1. The van der Waals surface area contributed by atoms with Crippen LogP contribution in [0.2, 0.25) is 0 Å². The summed E-state index contributed by atoms with van der Waals surface area (Å²) in [5.74, 6) is 0.876. The van der Waals surface area contributed by atoms with Crippen LogP contribution in [0.25, 0.3) is 22.2 Å². The van der Waals surface area contributed by atoms with Gasteiger partial charge in [0.25, 0.3) is 6.01 Å². The van der Waals surface area contributed by atoms with Gasteiger partial charge in [0.1, 0.15) is 11.3 Å². The molecule has 0 saturated heterocycles. The van der Waals surface area contributed by atoms with Crippen molar-refractivity contribution in [3.8, 4) is 16.9 Å². The predicted octanol–water partition coefficient (Wildman–Crippen LogP) is 6.03. The van der Waals surface area contributed by atoms with E-state index < -0.39 is 0 Å². The number of anilines is 2. The molecule has 4 heteroatoms. The summed E-state index contributed by atoms with van der Waals surface area (Å²) in [6, 6.07) is 24.5. The highest BCUT2D eigenvalue weighted by Gasteiger charge is 2.08. The maximum atomic E-state index is 5.78. The van der Waals surface area contributed by atoms with Crippen molar-refractivity contribution in [2.24, 2.45) is 0 Å². The van der Waals surface area contributed by atoms with E-state index in [2.05, 4.69) is 22.4 Å². The van der Waals surface area contributed by atoms with Gasteiger partial charge in [-0.3, -0.25) is 0 Å². The first kappa shape index (κ1) is 16.2. The minimum atomic E-state index is 0.169. The van der Waals surface area contributed by atoms with Crippen molar-refractivity contribution in [1.29, 1.82) is 0 Å². The molecule has 0 atom stereocenters. The average molecular weight is 344 g/mol. The number of hydrogen-bond acceptors (Lipinski definition) is 4. The fourth-order valence-corrected chi connectivity index (χ4v) is 2.80. The van der Waals surface area contributed by atoms with Gasteiger partial charge in [-0.25, -0.2) is 0 Å². The third kappa shape index (κ3) is 3.54. The van der Waals surface area contributed by atoms with Gasteiger partial charge in [0.15, 0.2) is 5.58 Å². The maximum absolute atomic E-state index is 5.78. The van der Waals surface area contributed by atoms with E-state index in [1.807, 2.05) is 74.5 Å². The summed E-state index contributed by atoms with van der Waals surface area (Å²) in [5.41, 5.74) is 4.73. The maximum Gasteiger partial charge on any atom is 0.300 e. The van der Waals surface area contributed by atoms with E-state index in [1.165, 1.54) is 0 Å². The summed E-state index contributed by atoms with van der Waals surface area (Å²) in [5, 5.41) is 3.18. The number of oxazole rings is 1. The van der Waals surface area contributed by atoms with Gasteiger partial charge in [-0.15, -0.1) is 0 Å². The molecule has 0 saturated carbocycles. The van der Waals surface area contributed by atoms with E-state index in [0.29, 0.717) is 6.01 Å². The molecular formula is C22H20N2O2. The molecular weight excluding hydrogens is 324 g/mol. The van der Waals surface area contributed by atoms with E-state index in [4.69, 9.17) is 9.15 Å². The molecule has 0 aliphatic heterocycles. The van der Waals surface area contributed by atoms with Crippen molar-refractivity contribution in [3.05, 3.63) is 72.8 Å². The van der Waals surface area contributed by atoms with Crippen LogP contribution in [0.4, 0.5) is 11.7 Å². The van der Waals surface area contributed by atoms with Gasteiger partial charge in [-0.1, -0.05) is 36.4 Å². The van der Waals surface area contributed by atoms with Crippen LogP contribution in [0, 0.1) is 0 Å². The number of fused-ring (bicyclic) bond motifs is 1. The fourth-order valence-electron chi connectivity index (χ4n) is 2.80. The molecule has 1 aromatic heterocycles. The number of nitrogens with zero attached hydrogens (tertiary/aromatic N) is 1. The van der Waals surface area contributed by atoms with E-state index >= 15 is 0 Å². The largest absolute Gasteiger partial charge is 0.491 e. The molecule has 0 aliphatic rings. The topological polar surface area (TPSA) is 47.3 Å². The normalized spacial score (nSPS) is 11.0. The van der Waals surface area contributed by atoms with Crippen molar-refractivity contribution in [1.82, 2.24) is 4.98 Å². The van der Waals surface area contributed by atoms with E-state index in [0.717, 1.165) is 33.7 Å². The summed E-state index contributed by atoms with van der Waals surface area (Å²) in [7, 11) is 0. The molecule has 0 unspecified atom stereocenters. The SMILES string of the molecule is CC(C)Oc1ccc(-c2ccc3oc(Nc4ccccc4)nc3c2)cc1. The number of para-hydroxylation sites is 1. The van der Waals surface area contributed by atoms with Crippen LogP contribution < -0.4 is 10.1 Å². The van der Waals surface area contributed by atoms with Gasteiger partial charge in [0.2, 0.25) is 0 Å². The number of benzene rings is 3. The molecule has 0 spiro atoms. The Bertz CT molecular complexity index is 1010. The fraction of sp³-hybridized carbons (Fsp3) is 0.136. The Hall–Kier alpha value is -3.27. The van der Waals surface area contributed by atoms with Crippen LogP contribution in [0.15, 0.2) is 77.2 Å². The smallest absolute Gasteiger partial charge is 0.300 e. The summed E-state index contributed by atoms with van der Waals surface area (Å²) in [6.45, 7) is 4.04. The van der Waals surface area contributed by atoms with E-state index in [9.17, 15) is 0 Å². The molecule has 0 bridgehead atoms. The molecule has 4 aromatic rings. The van der Waals surface area contributed by atoms with Gasteiger partial charge in [-0.05, 0) is 61.4 Å². The van der Waals surface area contributed by atoms with Gasteiger partial charge >= 0.3 is 0 Å². The van der Waals surface area contributed by atoms with Crippen molar-refractivity contribution >= 4 is 22.8 Å². The minimum absolute atomic E-state index is 0.169. The molecule has 0 amide bonds. The molecule has 1 N–H and O–H groups in total. The Kier molecular flexibility index (Phi) is 4.32. The lowest BCUT2D eigenvalue weighted by molar-refractivity contribution is 0.242. The minimum Gasteiger partial charge on any atom is -0.491 e. The lowest BCUT2D eigenvalue weighted by Gasteiger charge is -2.10. The zero-order chi connectivity index (χ0) is 17.9. The quantitative estimate of drug-likeness (QED) is 0.480. The first-order valence-corrected chi connectivity index (χ1v) is 8.67. The molecule has 26 heavy (non-hydrogen) atoms. The van der Waals surface area contributed by atoms with Crippen molar-refractivity contribution < 1.29 is 9.15 Å². The first-order chi connectivity index (χ1) is 12.7. The number of ether oxygens (including phenoxy) is 1. The summed E-state index contributed by atoms with van der Waals surface area (Å²) < 4.78 is 11.5. The highest BCUT2D eigenvalue weighted by Crippen LogP contribution is 2.28. The molecule has 4 nitrogen and oxygen atoms in total. The van der Waals surface area contributed by atoms with Crippen LogP contribution in [0.3, 0.4) is 0 Å². The standard InChI is InChI=1S/C22H20N2O2/c1-15(2)25-19-11-8-16(9-12-19)17-10-13-21-20(14-17)24-22(26-21)23-18-6-4-3-5-7-18/h3-15H,1-2H3,(H,23,24). The van der Waals surface area contributed by atoms with E-state index in [-0.39, 0.29) is 6.10 Å². The Balaban J connectivity index is 1.59. The zero-order valence-corrected chi connectivity index (χ0v) is 14.8. The molecule has 1 heterocycles. The predicted molar refractivity (Wildman–Crippen MR) is 105 cm³/mol. The van der Waals surface area contributed by atoms with Gasteiger partial charge in [-0.2, -0.15) is 4.98 Å². The van der Waals surface area contributed by atoms with Crippen molar-refractivity contribution in [2.75, 3.05) is 5.32 Å². The van der Waals surface area contributed by atoms with Crippen LogP contribution in [0.1, 0.15) is 13.8 Å².